The maximum Gasteiger partial charge on any atom is 0.227 e. The summed E-state index contributed by atoms with van der Waals surface area (Å²) in [6, 6.07) is 14.1. The number of carbonyl (C=O) groups is 1. The number of aryl methyl sites for hydroxylation is 2. The summed E-state index contributed by atoms with van der Waals surface area (Å²) in [5, 5.41) is 0. The normalized spacial score (nSPS) is 14.1. The van der Waals surface area contributed by atoms with Crippen molar-refractivity contribution in [1.82, 2.24) is 19.9 Å². The predicted molar refractivity (Wildman–Crippen MR) is 118 cm³/mol. The Balaban J connectivity index is 1.43. The minimum atomic E-state index is 0.188. The topological polar surface area (TPSA) is 62.2 Å². The van der Waals surface area contributed by atoms with Crippen LogP contribution in [0.25, 0.3) is 11.4 Å². The molecule has 6 heteroatoms. The van der Waals surface area contributed by atoms with Crippen LogP contribution in [0.2, 0.25) is 0 Å². The lowest BCUT2D eigenvalue weighted by Crippen LogP contribution is -2.49. The molecule has 154 valence electrons. The van der Waals surface area contributed by atoms with Gasteiger partial charge in [0.15, 0.2) is 5.82 Å². The van der Waals surface area contributed by atoms with Gasteiger partial charge in [0.1, 0.15) is 5.82 Å². The number of hydrogen-bond donors (Lipinski definition) is 0. The molecular weight excluding hydrogens is 374 g/mol. The minimum Gasteiger partial charge on any atom is -0.353 e. The summed E-state index contributed by atoms with van der Waals surface area (Å²) in [4.78, 5) is 30.5. The maximum atomic E-state index is 12.7. The second kappa shape index (κ2) is 9.03. The van der Waals surface area contributed by atoms with E-state index in [2.05, 4.69) is 46.9 Å². The van der Waals surface area contributed by atoms with Crippen LogP contribution in [-0.2, 0) is 17.6 Å². The molecule has 1 aromatic carbocycles. The number of aromatic nitrogens is 3. The fourth-order valence-corrected chi connectivity index (χ4v) is 3.63. The first-order valence-corrected chi connectivity index (χ1v) is 10.5. The van der Waals surface area contributed by atoms with Gasteiger partial charge in [-0.15, -0.1) is 0 Å². The molecule has 6 nitrogen and oxygen atoms in total. The summed E-state index contributed by atoms with van der Waals surface area (Å²) < 4.78 is 0. The second-order valence-electron chi connectivity index (χ2n) is 7.66. The second-order valence-corrected chi connectivity index (χ2v) is 7.66. The molecule has 0 unspecified atom stereocenters. The van der Waals surface area contributed by atoms with Gasteiger partial charge in [0.05, 0.1) is 6.42 Å². The first-order chi connectivity index (χ1) is 14.6. The van der Waals surface area contributed by atoms with E-state index < -0.39 is 0 Å². The molecule has 0 N–H and O–H groups in total. The van der Waals surface area contributed by atoms with Gasteiger partial charge in [-0.1, -0.05) is 36.8 Å². The Hall–Kier alpha value is -3.28. The molecule has 4 rings (SSSR count). The molecule has 1 amide bonds. The van der Waals surface area contributed by atoms with Crippen molar-refractivity contribution < 1.29 is 4.79 Å². The molecule has 1 saturated heterocycles. The third-order valence-electron chi connectivity index (χ3n) is 5.50. The highest BCUT2D eigenvalue weighted by molar-refractivity contribution is 5.79. The molecule has 0 atom stereocenters. The number of hydrogen-bond acceptors (Lipinski definition) is 5. The van der Waals surface area contributed by atoms with Crippen molar-refractivity contribution in [3.8, 4) is 11.4 Å². The van der Waals surface area contributed by atoms with Crippen LogP contribution in [0, 0.1) is 6.92 Å². The zero-order chi connectivity index (χ0) is 20.9. The number of anilines is 1. The van der Waals surface area contributed by atoms with Crippen molar-refractivity contribution >= 4 is 11.7 Å². The molecule has 0 saturated carbocycles. The van der Waals surface area contributed by atoms with Gasteiger partial charge < -0.3 is 9.80 Å². The van der Waals surface area contributed by atoms with Crippen LogP contribution in [0.5, 0.6) is 0 Å². The molecule has 0 spiro atoms. The van der Waals surface area contributed by atoms with Crippen LogP contribution in [0.1, 0.15) is 23.7 Å². The summed E-state index contributed by atoms with van der Waals surface area (Å²) >= 11 is 0. The molecule has 0 bridgehead atoms. The molecule has 0 aliphatic carbocycles. The third kappa shape index (κ3) is 4.64. The first-order valence-electron chi connectivity index (χ1n) is 10.5. The number of carbonyl (C=O) groups excluding carboxylic acids is 1. The molecule has 1 aliphatic rings. The standard InChI is InChI=1S/C24H27N5O/c1-3-21-17-22(27-24(26-21)20-8-10-25-11-9-20)28-12-14-29(15-13-28)23(30)16-19-6-4-18(2)5-7-19/h4-11,17H,3,12-16H2,1-2H3. The van der Waals surface area contributed by atoms with E-state index in [1.165, 1.54) is 5.56 Å². The fourth-order valence-electron chi connectivity index (χ4n) is 3.63. The number of benzene rings is 1. The minimum absolute atomic E-state index is 0.188. The van der Waals surface area contributed by atoms with Gasteiger partial charge >= 0.3 is 0 Å². The SMILES string of the molecule is CCc1cc(N2CCN(C(=O)Cc3ccc(C)cc3)CC2)nc(-c2ccncc2)n1. The monoisotopic (exact) mass is 401 g/mol. The van der Waals surface area contributed by atoms with E-state index in [0.29, 0.717) is 19.5 Å². The fraction of sp³-hybridized carbons (Fsp3) is 0.333. The number of nitrogens with zero attached hydrogens (tertiary/aromatic N) is 5. The van der Waals surface area contributed by atoms with Crippen LogP contribution in [0.15, 0.2) is 54.9 Å². The van der Waals surface area contributed by atoms with E-state index in [1.807, 2.05) is 29.2 Å². The molecule has 3 heterocycles. The van der Waals surface area contributed by atoms with Crippen molar-refractivity contribution in [2.45, 2.75) is 26.7 Å². The van der Waals surface area contributed by atoms with E-state index >= 15 is 0 Å². The Kier molecular flexibility index (Phi) is 6.02. The lowest BCUT2D eigenvalue weighted by molar-refractivity contribution is -0.130. The van der Waals surface area contributed by atoms with Crippen molar-refractivity contribution in [1.29, 1.82) is 0 Å². The van der Waals surface area contributed by atoms with Gasteiger partial charge in [-0.2, -0.15) is 0 Å². The van der Waals surface area contributed by atoms with Crippen molar-refractivity contribution in [2.75, 3.05) is 31.1 Å². The smallest absolute Gasteiger partial charge is 0.227 e. The van der Waals surface area contributed by atoms with Gasteiger partial charge in [0, 0.05) is 55.9 Å². The zero-order valence-electron chi connectivity index (χ0n) is 17.6. The molecule has 1 aliphatic heterocycles. The summed E-state index contributed by atoms with van der Waals surface area (Å²) in [7, 11) is 0. The van der Waals surface area contributed by atoms with E-state index in [4.69, 9.17) is 4.98 Å². The molecule has 30 heavy (non-hydrogen) atoms. The molecule has 2 aromatic heterocycles. The van der Waals surface area contributed by atoms with Gasteiger partial charge in [0.2, 0.25) is 5.91 Å². The molecular formula is C24H27N5O. The Morgan fingerprint density at radius 2 is 1.67 bits per heavy atom. The maximum absolute atomic E-state index is 12.7. The van der Waals surface area contributed by atoms with Gasteiger partial charge in [-0.3, -0.25) is 9.78 Å². The van der Waals surface area contributed by atoms with Crippen LogP contribution in [-0.4, -0.2) is 51.9 Å². The first kappa shape index (κ1) is 20.0. The van der Waals surface area contributed by atoms with E-state index in [9.17, 15) is 4.79 Å². The van der Waals surface area contributed by atoms with E-state index in [-0.39, 0.29) is 5.91 Å². The lowest BCUT2D eigenvalue weighted by Gasteiger charge is -2.35. The summed E-state index contributed by atoms with van der Waals surface area (Å²) in [5.74, 6) is 1.84. The number of piperazine rings is 1. The quantitative estimate of drug-likeness (QED) is 0.656. The largest absolute Gasteiger partial charge is 0.353 e. The molecule has 0 radical (unpaired) electrons. The highest BCUT2D eigenvalue weighted by atomic mass is 16.2. The highest BCUT2D eigenvalue weighted by Crippen LogP contribution is 2.21. The summed E-state index contributed by atoms with van der Waals surface area (Å²) in [5.41, 5.74) is 4.26. The van der Waals surface area contributed by atoms with Gasteiger partial charge in [-0.25, -0.2) is 9.97 Å². The van der Waals surface area contributed by atoms with Crippen molar-refractivity contribution in [3.63, 3.8) is 0 Å². The average Bonchev–Trinajstić information content (AvgIpc) is 2.81. The van der Waals surface area contributed by atoms with Crippen LogP contribution >= 0.6 is 0 Å². The zero-order valence-corrected chi connectivity index (χ0v) is 17.6. The van der Waals surface area contributed by atoms with Crippen LogP contribution < -0.4 is 4.90 Å². The Morgan fingerprint density at radius 1 is 0.967 bits per heavy atom. The van der Waals surface area contributed by atoms with Crippen molar-refractivity contribution in [2.24, 2.45) is 0 Å². The molecule has 3 aromatic rings. The lowest BCUT2D eigenvalue weighted by atomic mass is 10.1. The third-order valence-corrected chi connectivity index (χ3v) is 5.50. The molecule has 1 fully saturated rings. The van der Waals surface area contributed by atoms with Crippen molar-refractivity contribution in [3.05, 3.63) is 71.7 Å². The summed E-state index contributed by atoms with van der Waals surface area (Å²) in [6.45, 7) is 7.12. The highest BCUT2D eigenvalue weighted by Gasteiger charge is 2.23. The summed E-state index contributed by atoms with van der Waals surface area (Å²) in [6.07, 6.45) is 4.83. The van der Waals surface area contributed by atoms with Gasteiger partial charge in [0.25, 0.3) is 0 Å². The Morgan fingerprint density at radius 3 is 2.33 bits per heavy atom. The number of rotatable bonds is 5. The van der Waals surface area contributed by atoms with Crippen LogP contribution in [0.4, 0.5) is 5.82 Å². The van der Waals surface area contributed by atoms with E-state index in [0.717, 1.165) is 48.0 Å². The number of pyridine rings is 1. The predicted octanol–water partition coefficient (Wildman–Crippen LogP) is 3.30. The Bertz CT molecular complexity index is 996. The number of amides is 1. The van der Waals surface area contributed by atoms with E-state index in [1.54, 1.807) is 12.4 Å². The average molecular weight is 402 g/mol. The Labute approximate surface area is 177 Å². The van der Waals surface area contributed by atoms with Crippen LogP contribution in [0.3, 0.4) is 0 Å². The van der Waals surface area contributed by atoms with Gasteiger partial charge in [-0.05, 0) is 31.0 Å².